The largest absolute Gasteiger partial charge is 0.460 e. The quantitative estimate of drug-likeness (QED) is 0.632. The molecule has 0 spiro atoms. The van der Waals surface area contributed by atoms with Crippen molar-refractivity contribution in [2.75, 3.05) is 6.61 Å². The van der Waals surface area contributed by atoms with Crippen molar-refractivity contribution in [3.05, 3.63) is 23.5 Å². The molecule has 0 saturated heterocycles. The highest BCUT2D eigenvalue weighted by atomic mass is 16.5. The summed E-state index contributed by atoms with van der Waals surface area (Å²) in [5.41, 5.74) is 0.792. The van der Waals surface area contributed by atoms with Crippen LogP contribution in [0.4, 0.5) is 0 Å². The highest BCUT2D eigenvalue weighted by Crippen LogP contribution is 2.20. The van der Waals surface area contributed by atoms with Crippen molar-refractivity contribution in [3.63, 3.8) is 0 Å². The Kier molecular flexibility index (Phi) is 4.10. The number of aromatic amines is 1. The van der Waals surface area contributed by atoms with Gasteiger partial charge in [0.1, 0.15) is 5.69 Å². The first-order valence-electron chi connectivity index (χ1n) is 5.72. The summed E-state index contributed by atoms with van der Waals surface area (Å²) in [5.74, 6) is -0.492. The SMILES string of the molecule is CCC(C)(C)COC(=O)c1cc(C(C)=O)c[nH]1. The first kappa shape index (κ1) is 13.5. The lowest BCUT2D eigenvalue weighted by molar-refractivity contribution is 0.0329. The van der Waals surface area contributed by atoms with Gasteiger partial charge in [-0.3, -0.25) is 4.79 Å². The first-order chi connectivity index (χ1) is 7.85. The highest BCUT2D eigenvalue weighted by molar-refractivity contribution is 5.97. The van der Waals surface area contributed by atoms with Gasteiger partial charge in [-0.1, -0.05) is 20.8 Å². The zero-order chi connectivity index (χ0) is 13.1. The van der Waals surface area contributed by atoms with Gasteiger partial charge in [0.05, 0.1) is 6.61 Å². The topological polar surface area (TPSA) is 59.2 Å². The Hall–Kier alpha value is -1.58. The van der Waals surface area contributed by atoms with E-state index in [1.807, 2.05) is 13.8 Å². The number of nitrogens with one attached hydrogen (secondary N) is 1. The van der Waals surface area contributed by atoms with Crippen molar-refractivity contribution >= 4 is 11.8 Å². The number of carbonyl (C=O) groups is 2. The Morgan fingerprint density at radius 3 is 2.53 bits per heavy atom. The number of Topliss-reactive ketones (excluding diaryl/α,β-unsaturated/α-hetero) is 1. The molecule has 0 aliphatic rings. The standard InChI is InChI=1S/C13H19NO3/c1-5-13(3,4)8-17-12(16)11-6-10(7-14-11)9(2)15/h6-7,14H,5,8H2,1-4H3. The van der Waals surface area contributed by atoms with Crippen LogP contribution in [0, 0.1) is 5.41 Å². The molecule has 0 aliphatic carbocycles. The highest BCUT2D eigenvalue weighted by Gasteiger charge is 2.19. The summed E-state index contributed by atoms with van der Waals surface area (Å²) in [5, 5.41) is 0. The van der Waals surface area contributed by atoms with Gasteiger partial charge in [0.15, 0.2) is 5.78 Å². The fourth-order valence-electron chi connectivity index (χ4n) is 1.16. The second-order valence-corrected chi connectivity index (χ2v) is 4.95. The second kappa shape index (κ2) is 5.17. The molecule has 0 radical (unpaired) electrons. The van der Waals surface area contributed by atoms with Crippen LogP contribution in [-0.2, 0) is 4.74 Å². The number of ether oxygens (including phenoxy) is 1. The van der Waals surface area contributed by atoms with Gasteiger partial charge in [-0.2, -0.15) is 0 Å². The van der Waals surface area contributed by atoms with E-state index in [0.29, 0.717) is 17.9 Å². The number of rotatable bonds is 5. The third-order valence-corrected chi connectivity index (χ3v) is 2.86. The molecular weight excluding hydrogens is 218 g/mol. The van der Waals surface area contributed by atoms with E-state index in [-0.39, 0.29) is 11.2 Å². The molecule has 0 bridgehead atoms. The van der Waals surface area contributed by atoms with Gasteiger partial charge >= 0.3 is 5.97 Å². The fraction of sp³-hybridized carbons (Fsp3) is 0.538. The van der Waals surface area contributed by atoms with E-state index in [9.17, 15) is 9.59 Å². The van der Waals surface area contributed by atoms with Gasteiger partial charge in [-0.25, -0.2) is 4.79 Å². The van der Waals surface area contributed by atoms with E-state index in [1.165, 1.54) is 19.2 Å². The van der Waals surface area contributed by atoms with Gasteiger partial charge < -0.3 is 9.72 Å². The van der Waals surface area contributed by atoms with Gasteiger partial charge in [0.2, 0.25) is 0 Å². The minimum Gasteiger partial charge on any atom is -0.460 e. The maximum atomic E-state index is 11.7. The van der Waals surface area contributed by atoms with E-state index < -0.39 is 5.97 Å². The summed E-state index contributed by atoms with van der Waals surface area (Å²) >= 11 is 0. The number of ketones is 1. The van der Waals surface area contributed by atoms with Gasteiger partial charge in [0, 0.05) is 11.8 Å². The van der Waals surface area contributed by atoms with Crippen LogP contribution in [0.5, 0.6) is 0 Å². The van der Waals surface area contributed by atoms with Crippen molar-refractivity contribution in [1.29, 1.82) is 0 Å². The monoisotopic (exact) mass is 237 g/mol. The van der Waals surface area contributed by atoms with Crippen LogP contribution in [0.2, 0.25) is 0 Å². The average Bonchev–Trinajstić information content (AvgIpc) is 2.75. The zero-order valence-electron chi connectivity index (χ0n) is 10.8. The molecule has 0 amide bonds. The summed E-state index contributed by atoms with van der Waals surface area (Å²) in [6, 6.07) is 1.52. The molecule has 0 saturated carbocycles. The van der Waals surface area contributed by atoms with Crippen molar-refractivity contribution in [3.8, 4) is 0 Å². The van der Waals surface area contributed by atoms with Crippen LogP contribution in [0.3, 0.4) is 0 Å². The van der Waals surface area contributed by atoms with Crippen LogP contribution in [0.25, 0.3) is 0 Å². The van der Waals surface area contributed by atoms with Crippen LogP contribution >= 0.6 is 0 Å². The number of aromatic nitrogens is 1. The normalized spacial score (nSPS) is 11.3. The summed E-state index contributed by atoms with van der Waals surface area (Å²) in [7, 11) is 0. The van der Waals surface area contributed by atoms with E-state index in [0.717, 1.165) is 6.42 Å². The number of esters is 1. The molecule has 94 valence electrons. The minimum atomic E-state index is -0.418. The Morgan fingerprint density at radius 2 is 2.06 bits per heavy atom. The second-order valence-electron chi connectivity index (χ2n) is 4.95. The lowest BCUT2D eigenvalue weighted by Gasteiger charge is -2.21. The predicted octanol–water partition coefficient (Wildman–Crippen LogP) is 2.81. The van der Waals surface area contributed by atoms with Crippen molar-refractivity contribution in [1.82, 2.24) is 4.98 Å². The maximum absolute atomic E-state index is 11.7. The van der Waals surface area contributed by atoms with Gasteiger partial charge in [-0.05, 0) is 24.8 Å². The average molecular weight is 237 g/mol. The van der Waals surface area contributed by atoms with Crippen LogP contribution in [-0.4, -0.2) is 23.3 Å². The third-order valence-electron chi connectivity index (χ3n) is 2.86. The van der Waals surface area contributed by atoms with Crippen LogP contribution in [0.1, 0.15) is 55.0 Å². The molecule has 0 unspecified atom stereocenters. The number of hydrogen-bond donors (Lipinski definition) is 1. The Bertz CT molecular complexity index is 418. The molecule has 1 aromatic rings. The van der Waals surface area contributed by atoms with Crippen molar-refractivity contribution < 1.29 is 14.3 Å². The van der Waals surface area contributed by atoms with Crippen LogP contribution in [0.15, 0.2) is 12.3 Å². The lowest BCUT2D eigenvalue weighted by atomic mass is 9.92. The third kappa shape index (κ3) is 3.73. The fourth-order valence-corrected chi connectivity index (χ4v) is 1.16. The van der Waals surface area contributed by atoms with E-state index in [1.54, 1.807) is 0 Å². The smallest absolute Gasteiger partial charge is 0.354 e. The molecule has 1 aromatic heterocycles. The van der Waals surface area contributed by atoms with E-state index in [4.69, 9.17) is 4.74 Å². The molecule has 0 atom stereocenters. The van der Waals surface area contributed by atoms with Gasteiger partial charge in [-0.15, -0.1) is 0 Å². The molecule has 4 heteroatoms. The van der Waals surface area contributed by atoms with E-state index in [2.05, 4.69) is 11.9 Å². The summed E-state index contributed by atoms with van der Waals surface area (Å²) in [6.45, 7) is 7.96. The summed E-state index contributed by atoms with van der Waals surface area (Å²) < 4.78 is 5.20. The summed E-state index contributed by atoms with van der Waals surface area (Å²) in [6.07, 6.45) is 2.45. The predicted molar refractivity (Wildman–Crippen MR) is 65.2 cm³/mol. The molecule has 0 fully saturated rings. The molecular formula is C13H19NO3. The Morgan fingerprint density at radius 1 is 1.41 bits per heavy atom. The van der Waals surface area contributed by atoms with E-state index >= 15 is 0 Å². The number of hydrogen-bond acceptors (Lipinski definition) is 3. The molecule has 1 heterocycles. The molecule has 1 N–H and O–H groups in total. The Balaban J connectivity index is 2.61. The summed E-state index contributed by atoms with van der Waals surface area (Å²) in [4.78, 5) is 25.5. The molecule has 0 aliphatic heterocycles. The van der Waals surface area contributed by atoms with Crippen molar-refractivity contribution in [2.24, 2.45) is 5.41 Å². The number of carbonyl (C=O) groups excluding carboxylic acids is 2. The molecule has 4 nitrogen and oxygen atoms in total. The molecule has 17 heavy (non-hydrogen) atoms. The van der Waals surface area contributed by atoms with Crippen LogP contribution < -0.4 is 0 Å². The van der Waals surface area contributed by atoms with Crippen molar-refractivity contribution in [2.45, 2.75) is 34.1 Å². The first-order valence-corrected chi connectivity index (χ1v) is 5.72. The molecule has 0 aromatic carbocycles. The lowest BCUT2D eigenvalue weighted by Crippen LogP contribution is -2.21. The maximum Gasteiger partial charge on any atom is 0.354 e. The number of H-pyrrole nitrogens is 1. The molecule has 1 rings (SSSR count). The van der Waals surface area contributed by atoms with Gasteiger partial charge in [0.25, 0.3) is 0 Å². The minimum absolute atomic E-state index is 0.0222. The zero-order valence-corrected chi connectivity index (χ0v) is 10.8. The Labute approximate surface area is 101 Å².